The number of aromatic nitrogens is 4. The number of fused-ring (bicyclic) bond motifs is 1. The zero-order chi connectivity index (χ0) is 18.4. The number of amides is 1. The van der Waals surface area contributed by atoms with Gasteiger partial charge in [-0.2, -0.15) is 18.3 Å². The molecule has 3 rings (SSSR count). The van der Waals surface area contributed by atoms with Gasteiger partial charge in [-0.3, -0.25) is 4.79 Å². The first-order valence-electron chi connectivity index (χ1n) is 6.73. The van der Waals surface area contributed by atoms with Crippen molar-refractivity contribution in [3.63, 3.8) is 0 Å². The Morgan fingerprint density at radius 2 is 2.08 bits per heavy atom. The van der Waals surface area contributed by atoms with Crippen LogP contribution in [0.2, 0.25) is 5.02 Å². The summed E-state index contributed by atoms with van der Waals surface area (Å²) in [7, 11) is 0. The van der Waals surface area contributed by atoms with Crippen molar-refractivity contribution < 1.29 is 18.0 Å². The van der Waals surface area contributed by atoms with Crippen LogP contribution < -0.4 is 5.32 Å². The Balaban J connectivity index is 2.06. The molecule has 1 N–H and O–H groups in total. The molecule has 6 nitrogen and oxygen atoms in total. The number of carbonyl (C=O) groups is 1. The molecule has 0 fully saturated rings. The predicted octanol–water partition coefficient (Wildman–Crippen LogP) is 4.12. The summed E-state index contributed by atoms with van der Waals surface area (Å²) in [5.41, 5.74) is -1.60. The van der Waals surface area contributed by atoms with Gasteiger partial charge in [0.25, 0.3) is 5.91 Å². The highest BCUT2D eigenvalue weighted by Crippen LogP contribution is 2.32. The van der Waals surface area contributed by atoms with E-state index >= 15 is 0 Å². The van der Waals surface area contributed by atoms with E-state index in [0.29, 0.717) is 8.99 Å². The third kappa shape index (κ3) is 3.45. The molecular formula is C14H8BrClF3N5O. The Morgan fingerprint density at radius 1 is 1.36 bits per heavy atom. The van der Waals surface area contributed by atoms with Gasteiger partial charge in [-0.1, -0.05) is 11.6 Å². The van der Waals surface area contributed by atoms with Gasteiger partial charge >= 0.3 is 6.18 Å². The first-order chi connectivity index (χ1) is 11.7. The molecule has 0 radical (unpaired) electrons. The number of nitrogens with one attached hydrogen (secondary N) is 1. The maximum Gasteiger partial charge on any atom is 0.433 e. The Kier molecular flexibility index (Phi) is 4.41. The first kappa shape index (κ1) is 17.6. The minimum Gasteiger partial charge on any atom is -0.305 e. The third-order valence-electron chi connectivity index (χ3n) is 3.14. The van der Waals surface area contributed by atoms with Gasteiger partial charge in [-0.25, -0.2) is 14.5 Å². The molecule has 0 bridgehead atoms. The fourth-order valence-electron chi connectivity index (χ4n) is 2.09. The third-order valence-corrected chi connectivity index (χ3v) is 3.95. The molecule has 3 heterocycles. The van der Waals surface area contributed by atoms with Gasteiger partial charge in [-0.15, -0.1) is 0 Å². The zero-order valence-electron chi connectivity index (χ0n) is 12.4. The quantitative estimate of drug-likeness (QED) is 0.659. The average molecular weight is 435 g/mol. The molecule has 0 aliphatic rings. The molecule has 3 aromatic heterocycles. The number of rotatable bonds is 2. The van der Waals surface area contributed by atoms with E-state index < -0.39 is 17.8 Å². The second-order valence-electron chi connectivity index (χ2n) is 4.99. The molecule has 130 valence electrons. The minimum absolute atomic E-state index is 0.100. The van der Waals surface area contributed by atoms with E-state index in [0.717, 1.165) is 6.07 Å². The minimum atomic E-state index is -4.68. The number of halogens is 5. The van der Waals surface area contributed by atoms with E-state index in [-0.39, 0.29) is 27.9 Å². The van der Waals surface area contributed by atoms with E-state index in [1.165, 1.54) is 19.2 Å². The number of carbonyl (C=O) groups excluding carboxylic acids is 1. The maximum atomic E-state index is 13.2. The van der Waals surface area contributed by atoms with Crippen molar-refractivity contribution >= 4 is 44.9 Å². The van der Waals surface area contributed by atoms with Gasteiger partial charge in [0.1, 0.15) is 16.5 Å². The summed E-state index contributed by atoms with van der Waals surface area (Å²) in [6, 6.07) is 3.98. The van der Waals surface area contributed by atoms with E-state index in [1.54, 1.807) is 6.07 Å². The van der Waals surface area contributed by atoms with Crippen molar-refractivity contribution in [3.8, 4) is 0 Å². The summed E-state index contributed by atoms with van der Waals surface area (Å²) in [6.07, 6.45) is -3.23. The smallest absolute Gasteiger partial charge is 0.305 e. The number of anilines is 1. The van der Waals surface area contributed by atoms with E-state index in [1.807, 2.05) is 0 Å². The summed E-state index contributed by atoms with van der Waals surface area (Å²) in [6.45, 7) is 1.39. The lowest BCUT2D eigenvalue weighted by atomic mass is 10.3. The van der Waals surface area contributed by atoms with Crippen molar-refractivity contribution in [2.24, 2.45) is 0 Å². The molecule has 0 spiro atoms. The van der Waals surface area contributed by atoms with Crippen molar-refractivity contribution in [2.45, 2.75) is 13.1 Å². The standard InChI is InChI=1S/C14H8BrClF3N5O/c1-6-4-8(14(17,18)19)24-12(21-6)10(16)11(23-24)13(25)22-9-3-2-7(15)5-20-9/h2-5H,1H3,(H,20,22,25). The summed E-state index contributed by atoms with van der Waals surface area (Å²) in [4.78, 5) is 20.2. The van der Waals surface area contributed by atoms with Crippen molar-refractivity contribution in [3.05, 3.63) is 51.0 Å². The van der Waals surface area contributed by atoms with Crippen LogP contribution in [0.5, 0.6) is 0 Å². The molecule has 25 heavy (non-hydrogen) atoms. The van der Waals surface area contributed by atoms with Crippen molar-refractivity contribution in [1.82, 2.24) is 19.6 Å². The van der Waals surface area contributed by atoms with Crippen LogP contribution in [0.15, 0.2) is 28.9 Å². The number of hydrogen-bond acceptors (Lipinski definition) is 4. The fraction of sp³-hybridized carbons (Fsp3) is 0.143. The lowest BCUT2D eigenvalue weighted by Crippen LogP contribution is -2.16. The molecule has 0 unspecified atom stereocenters. The van der Waals surface area contributed by atoms with Crippen molar-refractivity contribution in [2.75, 3.05) is 5.32 Å². The molecule has 0 saturated carbocycles. The molecular weight excluding hydrogens is 427 g/mol. The second kappa shape index (κ2) is 6.26. The van der Waals surface area contributed by atoms with Gasteiger partial charge in [0.05, 0.1) is 0 Å². The summed E-state index contributed by atoms with van der Waals surface area (Å²) >= 11 is 9.23. The SMILES string of the molecule is Cc1cc(C(F)(F)F)n2nc(C(=O)Nc3ccc(Br)cn3)c(Cl)c2n1. The highest BCUT2D eigenvalue weighted by atomic mass is 79.9. The molecule has 11 heteroatoms. The van der Waals surface area contributed by atoms with Crippen LogP contribution in [0, 0.1) is 6.92 Å². The molecule has 0 saturated heterocycles. The number of aryl methyl sites for hydroxylation is 1. The highest BCUT2D eigenvalue weighted by molar-refractivity contribution is 9.10. The van der Waals surface area contributed by atoms with Gasteiger partial charge < -0.3 is 5.32 Å². The number of alkyl halides is 3. The Bertz CT molecular complexity index is 971. The molecule has 3 aromatic rings. The summed E-state index contributed by atoms with van der Waals surface area (Å²) in [5.74, 6) is -0.599. The largest absolute Gasteiger partial charge is 0.433 e. The summed E-state index contributed by atoms with van der Waals surface area (Å²) in [5, 5.41) is 5.83. The molecule has 0 aromatic carbocycles. The molecule has 1 amide bonds. The molecule has 0 aliphatic carbocycles. The monoisotopic (exact) mass is 433 g/mol. The number of nitrogens with zero attached hydrogens (tertiary/aromatic N) is 4. The predicted molar refractivity (Wildman–Crippen MR) is 87.6 cm³/mol. The topological polar surface area (TPSA) is 72.2 Å². The molecule has 0 atom stereocenters. The van der Waals surface area contributed by atoms with Gasteiger partial charge in [-0.05, 0) is 41.1 Å². The first-order valence-corrected chi connectivity index (χ1v) is 7.90. The lowest BCUT2D eigenvalue weighted by Gasteiger charge is -2.09. The normalized spacial score (nSPS) is 11.8. The van der Waals surface area contributed by atoms with E-state index in [4.69, 9.17) is 11.6 Å². The second-order valence-corrected chi connectivity index (χ2v) is 6.29. The zero-order valence-corrected chi connectivity index (χ0v) is 14.7. The van der Waals surface area contributed by atoms with E-state index in [9.17, 15) is 18.0 Å². The number of pyridine rings is 1. The van der Waals surface area contributed by atoms with Crippen LogP contribution in [-0.4, -0.2) is 25.5 Å². The maximum absolute atomic E-state index is 13.2. The Hall–Kier alpha value is -2.20. The highest BCUT2D eigenvalue weighted by Gasteiger charge is 2.36. The van der Waals surface area contributed by atoms with Gasteiger partial charge in [0, 0.05) is 16.4 Å². The van der Waals surface area contributed by atoms with Crippen LogP contribution in [0.3, 0.4) is 0 Å². The van der Waals surface area contributed by atoms with Gasteiger partial charge in [0.15, 0.2) is 11.3 Å². The van der Waals surface area contributed by atoms with E-state index in [2.05, 4.69) is 36.3 Å². The Morgan fingerprint density at radius 3 is 2.68 bits per heavy atom. The van der Waals surface area contributed by atoms with Crippen LogP contribution >= 0.6 is 27.5 Å². The van der Waals surface area contributed by atoms with Crippen LogP contribution in [0.25, 0.3) is 5.65 Å². The number of hydrogen-bond donors (Lipinski definition) is 1. The van der Waals surface area contributed by atoms with Crippen LogP contribution in [0.4, 0.5) is 19.0 Å². The van der Waals surface area contributed by atoms with Crippen LogP contribution in [-0.2, 0) is 6.18 Å². The molecule has 0 aliphatic heterocycles. The lowest BCUT2D eigenvalue weighted by molar-refractivity contribution is -0.142. The summed E-state index contributed by atoms with van der Waals surface area (Å²) < 4.78 is 40.7. The van der Waals surface area contributed by atoms with Crippen molar-refractivity contribution in [1.29, 1.82) is 0 Å². The Labute approximate surface area is 152 Å². The fourth-order valence-corrected chi connectivity index (χ4v) is 2.57. The average Bonchev–Trinajstić information content (AvgIpc) is 2.85. The van der Waals surface area contributed by atoms with Gasteiger partial charge in [0.2, 0.25) is 0 Å². The van der Waals surface area contributed by atoms with Crippen LogP contribution in [0.1, 0.15) is 21.9 Å².